The summed E-state index contributed by atoms with van der Waals surface area (Å²) in [6.45, 7) is 11.9. The van der Waals surface area contributed by atoms with E-state index in [2.05, 4.69) is 11.9 Å². The van der Waals surface area contributed by atoms with Crippen LogP contribution < -0.4 is 16.0 Å². The van der Waals surface area contributed by atoms with Crippen LogP contribution in [-0.4, -0.2) is 19.0 Å². The molecule has 0 aliphatic carbocycles. The van der Waals surface area contributed by atoms with E-state index in [0.29, 0.717) is 23.7 Å². The summed E-state index contributed by atoms with van der Waals surface area (Å²) in [5.41, 5.74) is 7.81. The highest BCUT2D eigenvalue weighted by Gasteiger charge is 2.22. The van der Waals surface area contributed by atoms with Crippen molar-refractivity contribution < 1.29 is 4.79 Å². The Morgan fingerprint density at radius 2 is 2.00 bits per heavy atom. The van der Waals surface area contributed by atoms with Gasteiger partial charge in [0.15, 0.2) is 0 Å². The molecular weight excluding hydrogens is 298 g/mol. The Morgan fingerprint density at radius 3 is 2.55 bits per heavy atom. The van der Waals surface area contributed by atoms with Crippen molar-refractivity contribution in [2.45, 2.75) is 27.7 Å². The van der Waals surface area contributed by atoms with Gasteiger partial charge in [0.1, 0.15) is 0 Å². The van der Waals surface area contributed by atoms with Gasteiger partial charge in [-0.05, 0) is 32.0 Å². The summed E-state index contributed by atoms with van der Waals surface area (Å²) >= 11 is 5.97. The van der Waals surface area contributed by atoms with Crippen molar-refractivity contribution in [1.29, 1.82) is 0 Å². The number of anilines is 2. The van der Waals surface area contributed by atoms with Gasteiger partial charge in [-0.1, -0.05) is 31.5 Å². The van der Waals surface area contributed by atoms with Gasteiger partial charge in [0.05, 0.1) is 11.4 Å². The minimum absolute atomic E-state index is 0.0519. The lowest BCUT2D eigenvalue weighted by molar-refractivity contribution is -0.115. The third-order valence-electron chi connectivity index (χ3n) is 2.63. The second-order valence-corrected chi connectivity index (χ2v) is 4.72. The normalized spacial score (nSPS) is 12.4. The first-order chi connectivity index (χ1) is 10.5. The number of hydrogen-bond donors (Lipinski definition) is 2. The van der Waals surface area contributed by atoms with Gasteiger partial charge in [-0.2, -0.15) is 0 Å². The third kappa shape index (κ3) is 5.54. The second kappa shape index (κ2) is 10.9. The lowest BCUT2D eigenvalue weighted by atomic mass is 10.2. The number of nitrogens with one attached hydrogen (secondary N) is 1. The Hall–Kier alpha value is -1.78. The van der Waals surface area contributed by atoms with Crippen LogP contribution in [0.3, 0.4) is 0 Å². The van der Waals surface area contributed by atoms with Crippen LogP contribution in [0.5, 0.6) is 0 Å². The van der Waals surface area contributed by atoms with Crippen LogP contribution in [0.4, 0.5) is 11.4 Å². The van der Waals surface area contributed by atoms with Gasteiger partial charge in [-0.25, -0.2) is 0 Å². The van der Waals surface area contributed by atoms with E-state index < -0.39 is 0 Å². The minimum atomic E-state index is -0.0519. The lowest BCUT2D eigenvalue weighted by Crippen LogP contribution is -2.35. The molecule has 0 radical (unpaired) electrons. The predicted molar refractivity (Wildman–Crippen MR) is 97.5 cm³/mol. The van der Waals surface area contributed by atoms with Crippen molar-refractivity contribution in [3.63, 3.8) is 0 Å². The number of hydrogen-bond acceptors (Lipinski definition) is 3. The molecule has 1 amide bonds. The molecule has 1 aromatic carbocycles. The number of halogens is 1. The van der Waals surface area contributed by atoms with E-state index in [1.807, 2.05) is 26.8 Å². The van der Waals surface area contributed by atoms with Crippen molar-refractivity contribution in [3.8, 4) is 0 Å². The van der Waals surface area contributed by atoms with Crippen LogP contribution in [0, 0.1) is 0 Å². The van der Waals surface area contributed by atoms with Crippen LogP contribution in [0.1, 0.15) is 27.7 Å². The van der Waals surface area contributed by atoms with Crippen LogP contribution in [0.25, 0.3) is 0 Å². The van der Waals surface area contributed by atoms with Crippen molar-refractivity contribution in [2.24, 2.45) is 5.73 Å². The zero-order chi connectivity index (χ0) is 17.1. The van der Waals surface area contributed by atoms with E-state index >= 15 is 0 Å². The van der Waals surface area contributed by atoms with Crippen molar-refractivity contribution in [2.75, 3.05) is 23.3 Å². The Morgan fingerprint density at radius 1 is 1.41 bits per heavy atom. The maximum atomic E-state index is 12.1. The van der Waals surface area contributed by atoms with Gasteiger partial charge in [0.25, 0.3) is 5.91 Å². The van der Waals surface area contributed by atoms with Crippen LogP contribution in [0.2, 0.25) is 5.02 Å². The number of rotatable bonds is 2. The van der Waals surface area contributed by atoms with Crippen molar-refractivity contribution in [1.82, 2.24) is 0 Å². The summed E-state index contributed by atoms with van der Waals surface area (Å²) in [6.07, 6.45) is 3.45. The topological polar surface area (TPSA) is 58.4 Å². The molecule has 0 unspecified atom stereocenters. The Kier molecular flexibility index (Phi) is 10.00. The van der Waals surface area contributed by atoms with E-state index in [0.717, 1.165) is 11.4 Å². The fourth-order valence-electron chi connectivity index (χ4n) is 1.77. The first kappa shape index (κ1) is 20.2. The average molecular weight is 324 g/mol. The molecule has 0 spiro atoms. The van der Waals surface area contributed by atoms with Crippen LogP contribution in [-0.2, 0) is 4.79 Å². The quantitative estimate of drug-likeness (QED) is 0.803. The molecular formula is C17H26ClN3O. The number of carbonyl (C=O) groups excluding carboxylic acids is 1. The monoisotopic (exact) mass is 323 g/mol. The second-order valence-electron chi connectivity index (χ2n) is 4.29. The van der Waals surface area contributed by atoms with Gasteiger partial charge in [-0.3, -0.25) is 4.79 Å². The number of amides is 1. The van der Waals surface area contributed by atoms with Gasteiger partial charge >= 0.3 is 0 Å². The van der Waals surface area contributed by atoms with Gasteiger partial charge in [0, 0.05) is 29.9 Å². The van der Waals surface area contributed by atoms with Gasteiger partial charge in [-0.15, -0.1) is 6.58 Å². The fraction of sp³-hybridized carbons (Fsp3) is 0.353. The molecule has 0 fully saturated rings. The maximum Gasteiger partial charge on any atom is 0.255 e. The molecule has 5 heteroatoms. The van der Waals surface area contributed by atoms with E-state index in [1.54, 1.807) is 36.2 Å². The summed E-state index contributed by atoms with van der Waals surface area (Å²) in [6, 6.07) is 5.40. The Labute approximate surface area is 138 Å². The predicted octanol–water partition coefficient (Wildman–Crippen LogP) is 4.18. The molecule has 3 N–H and O–H groups in total. The first-order valence-electron chi connectivity index (χ1n) is 7.37. The molecule has 0 aromatic heterocycles. The highest BCUT2D eigenvalue weighted by Crippen LogP contribution is 2.32. The lowest BCUT2D eigenvalue weighted by Gasteiger charge is -2.22. The maximum absolute atomic E-state index is 12.1. The van der Waals surface area contributed by atoms with Crippen molar-refractivity contribution in [3.05, 3.63) is 47.6 Å². The molecule has 1 aliphatic rings. The number of carbonyl (C=O) groups is 1. The molecule has 1 heterocycles. The van der Waals surface area contributed by atoms with E-state index in [9.17, 15) is 4.79 Å². The number of fused-ring (bicyclic) bond motifs is 1. The van der Waals surface area contributed by atoms with Gasteiger partial charge in [0.2, 0.25) is 0 Å². The number of benzene rings is 1. The summed E-state index contributed by atoms with van der Waals surface area (Å²) < 4.78 is 0. The average Bonchev–Trinajstić information content (AvgIpc) is 2.63. The zero-order valence-corrected chi connectivity index (χ0v) is 14.6. The number of nitrogens with zero attached hydrogens (tertiary/aromatic N) is 1. The van der Waals surface area contributed by atoms with Crippen LogP contribution >= 0.6 is 11.6 Å². The highest BCUT2D eigenvalue weighted by atomic mass is 35.5. The third-order valence-corrected chi connectivity index (χ3v) is 2.87. The Balaban J connectivity index is 0.000000789. The molecule has 1 aromatic rings. The van der Waals surface area contributed by atoms with E-state index in [-0.39, 0.29) is 5.91 Å². The molecule has 0 bridgehead atoms. The SMILES string of the molecule is C=CC.CC.CC1=CNc2ccc(Cl)cc2N(CCN)C1=O. The molecule has 2 rings (SSSR count). The summed E-state index contributed by atoms with van der Waals surface area (Å²) in [4.78, 5) is 13.8. The summed E-state index contributed by atoms with van der Waals surface area (Å²) in [7, 11) is 0. The number of nitrogens with two attached hydrogens (primary N) is 1. The largest absolute Gasteiger partial charge is 0.360 e. The molecule has 0 saturated heterocycles. The van der Waals surface area contributed by atoms with Gasteiger partial charge < -0.3 is 16.0 Å². The molecule has 0 saturated carbocycles. The minimum Gasteiger partial charge on any atom is -0.360 e. The molecule has 0 atom stereocenters. The Bertz CT molecular complexity index is 527. The molecule has 1 aliphatic heterocycles. The first-order valence-corrected chi connectivity index (χ1v) is 7.74. The van der Waals surface area contributed by atoms with E-state index in [1.165, 1.54) is 0 Å². The standard InChI is InChI=1S/C12H14ClN3O.C3H6.C2H6/c1-8-7-15-10-3-2-9(13)6-11(10)16(5-4-14)12(8)17;1-3-2;1-2/h2-3,6-7,15H,4-5,14H2,1H3;3H,1H2,2H3;1-2H3. The summed E-state index contributed by atoms with van der Waals surface area (Å²) in [5.74, 6) is -0.0519. The van der Waals surface area contributed by atoms with E-state index in [4.69, 9.17) is 17.3 Å². The van der Waals surface area contributed by atoms with Crippen molar-refractivity contribution >= 4 is 28.9 Å². The summed E-state index contributed by atoms with van der Waals surface area (Å²) in [5, 5.41) is 3.69. The highest BCUT2D eigenvalue weighted by molar-refractivity contribution is 6.31. The van der Waals surface area contributed by atoms with Crippen LogP contribution in [0.15, 0.2) is 42.6 Å². The molecule has 22 heavy (non-hydrogen) atoms. The zero-order valence-electron chi connectivity index (χ0n) is 13.8. The number of allylic oxidation sites excluding steroid dienone is 1. The molecule has 122 valence electrons. The smallest absolute Gasteiger partial charge is 0.255 e. The fourth-order valence-corrected chi connectivity index (χ4v) is 1.94. The molecule has 4 nitrogen and oxygen atoms in total.